The Bertz CT molecular complexity index is 174. The molecular weight excluding hydrogens is 208 g/mol. The van der Waals surface area contributed by atoms with Crippen molar-refractivity contribution >= 4 is 0 Å². The highest BCUT2D eigenvalue weighted by Crippen LogP contribution is 2.20. The van der Waals surface area contributed by atoms with Crippen LogP contribution >= 0.6 is 0 Å². The minimum atomic E-state index is 0.683. The lowest BCUT2D eigenvalue weighted by molar-refractivity contribution is 0.218. The molecule has 0 amide bonds. The second-order valence-corrected chi connectivity index (χ2v) is 5.77. The van der Waals surface area contributed by atoms with Gasteiger partial charge in [-0.3, -0.25) is 0 Å². The Labute approximate surface area is 108 Å². The summed E-state index contributed by atoms with van der Waals surface area (Å²) in [6.45, 7) is 6.91. The van der Waals surface area contributed by atoms with Crippen LogP contribution in [0.1, 0.15) is 65.2 Å². The molecule has 1 fully saturated rings. The van der Waals surface area contributed by atoms with Gasteiger partial charge in [-0.25, -0.2) is 0 Å². The summed E-state index contributed by atoms with van der Waals surface area (Å²) in [5.41, 5.74) is 0. The van der Waals surface area contributed by atoms with Gasteiger partial charge in [0, 0.05) is 25.2 Å². The van der Waals surface area contributed by atoms with Gasteiger partial charge in [-0.05, 0) is 33.2 Å². The van der Waals surface area contributed by atoms with Crippen LogP contribution in [0.3, 0.4) is 0 Å². The SMILES string of the molecule is CCCC(C)NCCN(C)C1CCCCCC1. The van der Waals surface area contributed by atoms with Gasteiger partial charge < -0.3 is 10.2 Å². The average Bonchev–Trinajstić information content (AvgIpc) is 2.57. The monoisotopic (exact) mass is 240 g/mol. The number of nitrogens with zero attached hydrogens (tertiary/aromatic N) is 1. The van der Waals surface area contributed by atoms with E-state index in [0.717, 1.165) is 12.6 Å². The molecule has 17 heavy (non-hydrogen) atoms. The Morgan fingerprint density at radius 3 is 2.41 bits per heavy atom. The van der Waals surface area contributed by atoms with Crippen LogP contribution in [0.15, 0.2) is 0 Å². The van der Waals surface area contributed by atoms with Crippen LogP contribution in [0, 0.1) is 0 Å². The van der Waals surface area contributed by atoms with E-state index in [1.807, 2.05) is 0 Å². The smallest absolute Gasteiger partial charge is 0.0107 e. The lowest BCUT2D eigenvalue weighted by atomic mass is 10.1. The molecule has 0 aromatic carbocycles. The first-order chi connectivity index (χ1) is 8.24. The molecule has 102 valence electrons. The first-order valence-corrected chi connectivity index (χ1v) is 7.67. The Kier molecular flexibility index (Phi) is 7.87. The number of nitrogens with one attached hydrogen (secondary N) is 1. The molecule has 0 spiro atoms. The van der Waals surface area contributed by atoms with Gasteiger partial charge >= 0.3 is 0 Å². The normalized spacial score (nSPS) is 20.5. The first-order valence-electron chi connectivity index (χ1n) is 7.67. The molecule has 0 saturated heterocycles. The van der Waals surface area contributed by atoms with Gasteiger partial charge in [-0.2, -0.15) is 0 Å². The molecule has 1 saturated carbocycles. The minimum absolute atomic E-state index is 0.683. The van der Waals surface area contributed by atoms with Crippen molar-refractivity contribution in [1.82, 2.24) is 10.2 Å². The van der Waals surface area contributed by atoms with E-state index in [4.69, 9.17) is 0 Å². The van der Waals surface area contributed by atoms with Crippen molar-refractivity contribution in [1.29, 1.82) is 0 Å². The molecule has 0 radical (unpaired) electrons. The summed E-state index contributed by atoms with van der Waals surface area (Å²) in [6, 6.07) is 1.53. The number of likely N-dealkylation sites (N-methyl/N-ethyl adjacent to an activating group) is 1. The molecule has 0 aromatic heterocycles. The fraction of sp³-hybridized carbons (Fsp3) is 1.00. The van der Waals surface area contributed by atoms with E-state index in [0.29, 0.717) is 6.04 Å². The van der Waals surface area contributed by atoms with Crippen LogP contribution in [0.4, 0.5) is 0 Å². The summed E-state index contributed by atoms with van der Waals surface area (Å²) >= 11 is 0. The Balaban J connectivity index is 2.12. The van der Waals surface area contributed by atoms with Gasteiger partial charge in [0.1, 0.15) is 0 Å². The van der Waals surface area contributed by atoms with E-state index in [2.05, 4.69) is 31.1 Å². The highest BCUT2D eigenvalue weighted by Gasteiger charge is 2.16. The molecule has 1 rings (SSSR count). The number of rotatable bonds is 7. The molecule has 1 N–H and O–H groups in total. The van der Waals surface area contributed by atoms with Gasteiger partial charge in [-0.15, -0.1) is 0 Å². The third kappa shape index (κ3) is 6.42. The molecule has 2 nitrogen and oxygen atoms in total. The Hall–Kier alpha value is -0.0800. The van der Waals surface area contributed by atoms with E-state index in [-0.39, 0.29) is 0 Å². The zero-order valence-electron chi connectivity index (χ0n) is 12.2. The zero-order valence-corrected chi connectivity index (χ0v) is 12.2. The largest absolute Gasteiger partial charge is 0.313 e. The summed E-state index contributed by atoms with van der Waals surface area (Å²) < 4.78 is 0. The van der Waals surface area contributed by atoms with E-state index in [9.17, 15) is 0 Å². The van der Waals surface area contributed by atoms with Crippen LogP contribution in [-0.4, -0.2) is 37.1 Å². The van der Waals surface area contributed by atoms with Crippen molar-refractivity contribution in [3.63, 3.8) is 0 Å². The van der Waals surface area contributed by atoms with Crippen molar-refractivity contribution < 1.29 is 0 Å². The molecule has 1 aliphatic carbocycles. The van der Waals surface area contributed by atoms with E-state index in [1.54, 1.807) is 0 Å². The Morgan fingerprint density at radius 1 is 1.18 bits per heavy atom. The molecule has 2 heteroatoms. The standard InChI is InChI=1S/C15H32N2/c1-4-9-14(2)16-12-13-17(3)15-10-7-5-6-8-11-15/h14-16H,4-13H2,1-3H3. The van der Waals surface area contributed by atoms with Gasteiger partial charge in [0.25, 0.3) is 0 Å². The van der Waals surface area contributed by atoms with Gasteiger partial charge in [-0.1, -0.05) is 39.0 Å². The minimum Gasteiger partial charge on any atom is -0.313 e. The fourth-order valence-electron chi connectivity index (χ4n) is 2.90. The van der Waals surface area contributed by atoms with Crippen molar-refractivity contribution in [3.05, 3.63) is 0 Å². The van der Waals surface area contributed by atoms with E-state index >= 15 is 0 Å². The quantitative estimate of drug-likeness (QED) is 0.686. The van der Waals surface area contributed by atoms with Crippen molar-refractivity contribution in [3.8, 4) is 0 Å². The molecular formula is C15H32N2. The molecule has 0 aromatic rings. The van der Waals surface area contributed by atoms with Crippen LogP contribution in [0.25, 0.3) is 0 Å². The Morgan fingerprint density at radius 2 is 1.82 bits per heavy atom. The fourth-order valence-corrected chi connectivity index (χ4v) is 2.90. The summed E-state index contributed by atoms with van der Waals surface area (Å²) in [6.07, 6.45) is 11.2. The number of hydrogen-bond donors (Lipinski definition) is 1. The van der Waals surface area contributed by atoms with Crippen LogP contribution < -0.4 is 5.32 Å². The summed E-state index contributed by atoms with van der Waals surface area (Å²) in [7, 11) is 2.31. The molecule has 0 bridgehead atoms. The lowest BCUT2D eigenvalue weighted by Crippen LogP contribution is -2.39. The van der Waals surface area contributed by atoms with Gasteiger partial charge in [0.15, 0.2) is 0 Å². The third-order valence-electron chi connectivity index (χ3n) is 4.13. The second-order valence-electron chi connectivity index (χ2n) is 5.77. The summed E-state index contributed by atoms with van der Waals surface area (Å²) in [5, 5.41) is 3.63. The van der Waals surface area contributed by atoms with Gasteiger partial charge in [0.05, 0.1) is 0 Å². The van der Waals surface area contributed by atoms with Crippen molar-refractivity contribution in [2.45, 2.75) is 77.3 Å². The predicted octanol–water partition coefficient (Wildman–Crippen LogP) is 3.42. The molecule has 1 aliphatic rings. The van der Waals surface area contributed by atoms with Gasteiger partial charge in [0.2, 0.25) is 0 Å². The predicted molar refractivity (Wildman–Crippen MR) is 76.5 cm³/mol. The highest BCUT2D eigenvalue weighted by molar-refractivity contribution is 4.73. The van der Waals surface area contributed by atoms with Crippen molar-refractivity contribution in [2.24, 2.45) is 0 Å². The highest BCUT2D eigenvalue weighted by atomic mass is 15.1. The second kappa shape index (κ2) is 8.93. The zero-order chi connectivity index (χ0) is 12.5. The first kappa shape index (κ1) is 15.0. The topological polar surface area (TPSA) is 15.3 Å². The van der Waals surface area contributed by atoms with E-state index in [1.165, 1.54) is 57.9 Å². The maximum absolute atomic E-state index is 3.63. The summed E-state index contributed by atoms with van der Waals surface area (Å²) in [4.78, 5) is 2.58. The molecule has 1 atom stereocenters. The van der Waals surface area contributed by atoms with Crippen molar-refractivity contribution in [2.75, 3.05) is 20.1 Å². The van der Waals surface area contributed by atoms with E-state index < -0.39 is 0 Å². The maximum Gasteiger partial charge on any atom is 0.0107 e. The van der Waals surface area contributed by atoms with Crippen LogP contribution in [0.2, 0.25) is 0 Å². The molecule has 0 heterocycles. The molecule has 0 aliphatic heterocycles. The maximum atomic E-state index is 3.63. The molecule has 1 unspecified atom stereocenters. The van der Waals surface area contributed by atoms with Crippen LogP contribution in [0.5, 0.6) is 0 Å². The third-order valence-corrected chi connectivity index (χ3v) is 4.13. The lowest BCUT2D eigenvalue weighted by Gasteiger charge is -2.27. The number of hydrogen-bond acceptors (Lipinski definition) is 2. The van der Waals surface area contributed by atoms with Crippen LogP contribution in [-0.2, 0) is 0 Å². The summed E-state index contributed by atoms with van der Waals surface area (Å²) in [5.74, 6) is 0. The average molecular weight is 240 g/mol.